The Hall–Kier alpha value is -2.04. The number of nitrogens with one attached hydrogen (secondary N) is 1. The molecule has 0 radical (unpaired) electrons. The minimum Gasteiger partial charge on any atom is -0.480 e. The Balaban J connectivity index is 2.54. The number of nitrogen functional groups attached to an aromatic ring is 1. The van der Waals surface area contributed by atoms with Crippen LogP contribution >= 0.6 is 0 Å². The van der Waals surface area contributed by atoms with E-state index in [2.05, 4.69) is 5.32 Å². The van der Waals surface area contributed by atoms with E-state index in [0.29, 0.717) is 12.1 Å². The number of carbonyl (C=O) groups is 2. The van der Waals surface area contributed by atoms with Gasteiger partial charge in [0.2, 0.25) is 5.91 Å². The number of benzene rings is 1. The van der Waals surface area contributed by atoms with E-state index in [1.165, 1.54) is 0 Å². The second kappa shape index (κ2) is 8.29. The number of anilines is 1. The number of nitrogens with two attached hydrogens (primary N) is 1. The van der Waals surface area contributed by atoms with Gasteiger partial charge in [0.15, 0.2) is 0 Å². The zero-order valence-electron chi connectivity index (χ0n) is 12.6. The molecule has 0 heterocycles. The van der Waals surface area contributed by atoms with Crippen LogP contribution in [-0.2, 0) is 9.59 Å². The summed E-state index contributed by atoms with van der Waals surface area (Å²) >= 11 is 0. The van der Waals surface area contributed by atoms with Gasteiger partial charge in [0.05, 0.1) is 0 Å². The van der Waals surface area contributed by atoms with E-state index in [0.717, 1.165) is 18.4 Å². The van der Waals surface area contributed by atoms with Gasteiger partial charge in [0.1, 0.15) is 6.04 Å². The zero-order valence-corrected chi connectivity index (χ0v) is 12.6. The molecule has 1 rings (SSSR count). The molecule has 0 aromatic heterocycles. The van der Waals surface area contributed by atoms with E-state index in [1.54, 1.807) is 12.1 Å². The van der Waals surface area contributed by atoms with E-state index in [4.69, 9.17) is 10.8 Å². The SMILES string of the molecule is CCCC[C@H](NC(=O)CC(C)c1ccc(N)cc1)C(=O)O. The normalized spacial score (nSPS) is 13.4. The van der Waals surface area contributed by atoms with Crippen LogP contribution in [-0.4, -0.2) is 23.0 Å². The van der Waals surface area contributed by atoms with Crippen molar-refractivity contribution in [3.63, 3.8) is 0 Å². The summed E-state index contributed by atoms with van der Waals surface area (Å²) in [5, 5.41) is 11.7. The molecule has 21 heavy (non-hydrogen) atoms. The van der Waals surface area contributed by atoms with E-state index in [-0.39, 0.29) is 18.2 Å². The molecule has 0 aliphatic rings. The number of aliphatic carboxylic acids is 1. The van der Waals surface area contributed by atoms with Crippen molar-refractivity contribution in [3.8, 4) is 0 Å². The van der Waals surface area contributed by atoms with Gasteiger partial charge in [0, 0.05) is 12.1 Å². The van der Waals surface area contributed by atoms with Crippen LogP contribution in [0.5, 0.6) is 0 Å². The van der Waals surface area contributed by atoms with Crippen molar-refractivity contribution >= 4 is 17.6 Å². The fraction of sp³-hybridized carbons (Fsp3) is 0.500. The second-order valence-corrected chi connectivity index (χ2v) is 5.37. The third kappa shape index (κ3) is 5.85. The maximum Gasteiger partial charge on any atom is 0.326 e. The second-order valence-electron chi connectivity index (χ2n) is 5.37. The highest BCUT2D eigenvalue weighted by atomic mass is 16.4. The third-order valence-electron chi connectivity index (χ3n) is 3.48. The minimum atomic E-state index is -0.975. The predicted octanol–water partition coefficient (Wildman–Crippen LogP) is 2.52. The first-order valence-corrected chi connectivity index (χ1v) is 7.31. The fourth-order valence-corrected chi connectivity index (χ4v) is 2.14. The van der Waals surface area contributed by atoms with Crippen molar-refractivity contribution in [1.82, 2.24) is 5.32 Å². The predicted molar refractivity (Wildman–Crippen MR) is 83.0 cm³/mol. The molecule has 0 bridgehead atoms. The highest BCUT2D eigenvalue weighted by molar-refractivity contribution is 5.83. The van der Waals surface area contributed by atoms with Gasteiger partial charge in [-0.05, 0) is 30.0 Å². The quantitative estimate of drug-likeness (QED) is 0.642. The standard InChI is InChI=1S/C16H24N2O3/c1-3-4-5-14(16(20)21)18-15(19)10-11(2)12-6-8-13(17)9-7-12/h6-9,11,14H,3-5,10,17H2,1-2H3,(H,18,19)(H,20,21)/t11?,14-/m0/s1. The summed E-state index contributed by atoms with van der Waals surface area (Å²) in [6, 6.07) is 6.57. The molecule has 5 nitrogen and oxygen atoms in total. The number of carboxylic acids is 1. The first-order chi connectivity index (χ1) is 9.93. The van der Waals surface area contributed by atoms with Crippen molar-refractivity contribution in [2.75, 3.05) is 5.73 Å². The first-order valence-electron chi connectivity index (χ1n) is 7.31. The number of hydrogen-bond donors (Lipinski definition) is 3. The van der Waals surface area contributed by atoms with Crippen LogP contribution in [0.15, 0.2) is 24.3 Å². The molecule has 0 aliphatic carbocycles. The number of carbonyl (C=O) groups excluding carboxylic acids is 1. The number of hydrogen-bond acceptors (Lipinski definition) is 3. The zero-order chi connectivity index (χ0) is 15.8. The molecule has 4 N–H and O–H groups in total. The summed E-state index contributed by atoms with van der Waals surface area (Å²) in [5.74, 6) is -1.19. The highest BCUT2D eigenvalue weighted by Crippen LogP contribution is 2.20. The minimum absolute atomic E-state index is 0.0196. The molecule has 0 saturated heterocycles. The van der Waals surface area contributed by atoms with Crippen LogP contribution in [0.3, 0.4) is 0 Å². The van der Waals surface area contributed by atoms with Crippen molar-refractivity contribution in [2.45, 2.75) is 51.5 Å². The molecular formula is C16H24N2O3. The highest BCUT2D eigenvalue weighted by Gasteiger charge is 2.20. The number of amides is 1. The summed E-state index contributed by atoms with van der Waals surface area (Å²) in [6.45, 7) is 3.93. The largest absolute Gasteiger partial charge is 0.480 e. The van der Waals surface area contributed by atoms with Crippen LogP contribution < -0.4 is 11.1 Å². The van der Waals surface area contributed by atoms with Gasteiger partial charge in [-0.1, -0.05) is 38.8 Å². The number of carboxylic acid groups (broad SMARTS) is 1. The van der Waals surface area contributed by atoms with Crippen molar-refractivity contribution in [2.24, 2.45) is 0 Å². The molecule has 116 valence electrons. The summed E-state index contributed by atoms with van der Waals surface area (Å²) in [6.07, 6.45) is 2.42. The summed E-state index contributed by atoms with van der Waals surface area (Å²) in [5.41, 5.74) is 7.32. The molecule has 5 heteroatoms. The van der Waals surface area contributed by atoms with E-state index >= 15 is 0 Å². The molecule has 1 unspecified atom stereocenters. The Kier molecular flexibility index (Phi) is 6.72. The van der Waals surface area contributed by atoms with Crippen LogP contribution in [0, 0.1) is 0 Å². The van der Waals surface area contributed by atoms with Crippen molar-refractivity contribution in [3.05, 3.63) is 29.8 Å². The number of unbranched alkanes of at least 4 members (excludes halogenated alkanes) is 1. The van der Waals surface area contributed by atoms with Gasteiger partial charge < -0.3 is 16.2 Å². The average Bonchev–Trinajstić information content (AvgIpc) is 2.43. The summed E-state index contributed by atoms with van der Waals surface area (Å²) < 4.78 is 0. The van der Waals surface area contributed by atoms with E-state index in [9.17, 15) is 9.59 Å². The van der Waals surface area contributed by atoms with Gasteiger partial charge in [-0.15, -0.1) is 0 Å². The molecule has 0 spiro atoms. The van der Waals surface area contributed by atoms with Gasteiger partial charge in [-0.2, -0.15) is 0 Å². The molecule has 0 saturated carbocycles. The van der Waals surface area contributed by atoms with Gasteiger partial charge in [-0.25, -0.2) is 4.79 Å². The van der Waals surface area contributed by atoms with Crippen LogP contribution in [0.1, 0.15) is 51.0 Å². The Morgan fingerprint density at radius 2 is 1.90 bits per heavy atom. The molecule has 1 aromatic rings. The Labute approximate surface area is 125 Å². The Morgan fingerprint density at radius 3 is 2.43 bits per heavy atom. The lowest BCUT2D eigenvalue weighted by atomic mass is 9.97. The fourth-order valence-electron chi connectivity index (χ4n) is 2.14. The summed E-state index contributed by atoms with van der Waals surface area (Å²) in [7, 11) is 0. The van der Waals surface area contributed by atoms with Crippen LogP contribution in [0.25, 0.3) is 0 Å². The Bertz CT molecular complexity index is 471. The Morgan fingerprint density at radius 1 is 1.29 bits per heavy atom. The lowest BCUT2D eigenvalue weighted by Gasteiger charge is -2.16. The maximum atomic E-state index is 12.0. The smallest absolute Gasteiger partial charge is 0.326 e. The molecule has 1 amide bonds. The third-order valence-corrected chi connectivity index (χ3v) is 3.48. The average molecular weight is 292 g/mol. The molecule has 0 fully saturated rings. The molecule has 1 aromatic carbocycles. The summed E-state index contributed by atoms with van der Waals surface area (Å²) in [4.78, 5) is 23.1. The van der Waals surface area contributed by atoms with Crippen molar-refractivity contribution in [1.29, 1.82) is 0 Å². The number of rotatable bonds is 8. The molecule has 2 atom stereocenters. The lowest BCUT2D eigenvalue weighted by molar-refractivity contribution is -0.142. The monoisotopic (exact) mass is 292 g/mol. The topological polar surface area (TPSA) is 92.4 Å². The van der Waals surface area contributed by atoms with Gasteiger partial charge in [0.25, 0.3) is 0 Å². The van der Waals surface area contributed by atoms with Gasteiger partial charge >= 0.3 is 5.97 Å². The van der Waals surface area contributed by atoms with Crippen LogP contribution in [0.2, 0.25) is 0 Å². The van der Waals surface area contributed by atoms with E-state index in [1.807, 2.05) is 26.0 Å². The van der Waals surface area contributed by atoms with E-state index < -0.39 is 12.0 Å². The lowest BCUT2D eigenvalue weighted by Crippen LogP contribution is -2.41. The first kappa shape index (κ1) is 17.0. The maximum absolute atomic E-state index is 12.0. The van der Waals surface area contributed by atoms with Crippen LogP contribution in [0.4, 0.5) is 5.69 Å². The van der Waals surface area contributed by atoms with Crippen molar-refractivity contribution < 1.29 is 14.7 Å². The molecular weight excluding hydrogens is 268 g/mol. The van der Waals surface area contributed by atoms with Gasteiger partial charge in [-0.3, -0.25) is 4.79 Å². The molecule has 0 aliphatic heterocycles.